The molecule has 2 atom stereocenters. The average molecular weight is 410 g/mol. The van der Waals surface area contributed by atoms with Gasteiger partial charge >= 0.3 is 6.09 Å². The first-order chi connectivity index (χ1) is 14.1. The number of fused-ring (bicyclic) bond motifs is 2. The molecule has 7 heteroatoms. The molecular weight excluding hydrogens is 387 g/mol. The van der Waals surface area contributed by atoms with Crippen LogP contribution in [0.4, 0.5) is 14.9 Å². The third-order valence-corrected chi connectivity index (χ3v) is 5.64. The van der Waals surface area contributed by atoms with Crippen molar-refractivity contribution >= 4 is 23.6 Å². The van der Waals surface area contributed by atoms with Crippen molar-refractivity contribution in [3.8, 4) is 0 Å². The molecule has 2 aromatic carbocycles. The van der Waals surface area contributed by atoms with E-state index in [4.69, 9.17) is 4.74 Å². The van der Waals surface area contributed by atoms with E-state index in [1.807, 2.05) is 0 Å². The first kappa shape index (κ1) is 20.1. The molecule has 2 aromatic rings. The number of hydrogen-bond donors (Lipinski definition) is 0. The molecule has 4 rings (SSSR count). The number of rotatable bonds is 1. The zero-order valence-corrected chi connectivity index (χ0v) is 17.3. The van der Waals surface area contributed by atoms with Gasteiger partial charge in [-0.05, 0) is 44.5 Å². The van der Waals surface area contributed by atoms with Gasteiger partial charge in [-0.1, -0.05) is 30.3 Å². The Bertz CT molecular complexity index is 1040. The Balaban J connectivity index is 1.96. The average Bonchev–Trinajstić information content (AvgIpc) is 3.10. The van der Waals surface area contributed by atoms with Crippen LogP contribution in [0.2, 0.25) is 0 Å². The van der Waals surface area contributed by atoms with Gasteiger partial charge in [-0.25, -0.2) is 14.1 Å². The van der Waals surface area contributed by atoms with E-state index in [9.17, 15) is 18.8 Å². The van der Waals surface area contributed by atoms with Crippen molar-refractivity contribution in [2.24, 2.45) is 0 Å². The third-order valence-electron chi connectivity index (χ3n) is 5.64. The maximum Gasteiger partial charge on any atom is 0.418 e. The van der Waals surface area contributed by atoms with Crippen molar-refractivity contribution in [2.75, 3.05) is 11.9 Å². The standard InChI is InChI=1S/C23H23FN2O4/c1-22(2,3)30-21(29)26-19(27)13-17(14-9-11-15(24)12-10-14)23(26)16-7-5-6-8-18(16)25(4)20(23)28/h5-12,17H,13H2,1-4H3/t17-,23-/m1/s1. The number of amides is 3. The van der Waals surface area contributed by atoms with Crippen molar-refractivity contribution < 1.29 is 23.5 Å². The number of benzene rings is 2. The van der Waals surface area contributed by atoms with E-state index in [1.165, 1.54) is 17.0 Å². The normalized spacial score (nSPS) is 23.3. The minimum absolute atomic E-state index is 0.0706. The maximum absolute atomic E-state index is 13.7. The summed E-state index contributed by atoms with van der Waals surface area (Å²) in [6, 6.07) is 12.8. The molecule has 0 aromatic heterocycles. The minimum Gasteiger partial charge on any atom is -0.443 e. The number of halogens is 1. The van der Waals surface area contributed by atoms with E-state index >= 15 is 0 Å². The van der Waals surface area contributed by atoms with Crippen molar-refractivity contribution in [1.82, 2.24) is 4.90 Å². The number of carbonyl (C=O) groups excluding carboxylic acids is 3. The lowest BCUT2D eigenvalue weighted by Crippen LogP contribution is -2.55. The second-order valence-corrected chi connectivity index (χ2v) is 8.67. The zero-order valence-electron chi connectivity index (χ0n) is 17.3. The lowest BCUT2D eigenvalue weighted by atomic mass is 9.76. The number of imide groups is 1. The van der Waals surface area contributed by atoms with E-state index in [2.05, 4.69) is 0 Å². The van der Waals surface area contributed by atoms with Gasteiger partial charge in [0.15, 0.2) is 5.54 Å². The van der Waals surface area contributed by atoms with Gasteiger partial charge in [0.1, 0.15) is 11.4 Å². The van der Waals surface area contributed by atoms with Gasteiger partial charge in [0.25, 0.3) is 5.91 Å². The molecule has 6 nitrogen and oxygen atoms in total. The number of likely N-dealkylation sites (tertiary alicyclic amines) is 1. The van der Waals surface area contributed by atoms with Gasteiger partial charge in [-0.3, -0.25) is 9.59 Å². The van der Waals surface area contributed by atoms with Crippen LogP contribution >= 0.6 is 0 Å². The number of anilines is 1. The largest absolute Gasteiger partial charge is 0.443 e. The molecule has 1 fully saturated rings. The molecule has 0 unspecified atom stereocenters. The summed E-state index contributed by atoms with van der Waals surface area (Å²) in [6.45, 7) is 5.10. The molecule has 1 saturated heterocycles. The monoisotopic (exact) mass is 410 g/mol. The Morgan fingerprint density at radius 1 is 1.10 bits per heavy atom. The number of nitrogens with zero attached hydrogens (tertiary/aromatic N) is 2. The van der Waals surface area contributed by atoms with E-state index in [-0.39, 0.29) is 6.42 Å². The highest BCUT2D eigenvalue weighted by Gasteiger charge is 2.67. The predicted molar refractivity (Wildman–Crippen MR) is 108 cm³/mol. The molecule has 0 N–H and O–H groups in total. The number of carbonyl (C=O) groups is 3. The Labute approximate surface area is 174 Å². The van der Waals surface area contributed by atoms with E-state index in [0.717, 1.165) is 4.90 Å². The fourth-order valence-corrected chi connectivity index (χ4v) is 4.50. The molecule has 1 spiro atoms. The Hall–Kier alpha value is -3.22. The SMILES string of the molecule is CN1C(=O)[C@@]2(c3ccccc31)[C@@H](c1ccc(F)cc1)CC(=O)N2C(=O)OC(C)(C)C. The fraction of sp³-hybridized carbons (Fsp3) is 0.348. The Kier molecular flexibility index (Phi) is 4.45. The van der Waals surface area contributed by atoms with Gasteiger partial charge in [0.2, 0.25) is 5.91 Å². The van der Waals surface area contributed by atoms with Crippen LogP contribution < -0.4 is 4.90 Å². The Morgan fingerprint density at radius 3 is 2.37 bits per heavy atom. The predicted octanol–water partition coefficient (Wildman–Crippen LogP) is 3.95. The Morgan fingerprint density at radius 2 is 1.73 bits per heavy atom. The summed E-state index contributed by atoms with van der Waals surface area (Å²) in [5.41, 5.74) is -0.641. The molecule has 0 radical (unpaired) electrons. The van der Waals surface area contributed by atoms with E-state index in [0.29, 0.717) is 16.8 Å². The highest BCUT2D eigenvalue weighted by molar-refractivity contribution is 6.15. The molecular formula is C23H23FN2O4. The smallest absolute Gasteiger partial charge is 0.418 e. The van der Waals surface area contributed by atoms with Gasteiger partial charge in [-0.15, -0.1) is 0 Å². The third kappa shape index (κ3) is 2.80. The summed E-state index contributed by atoms with van der Waals surface area (Å²) in [6.07, 6.45) is -0.936. The van der Waals surface area contributed by atoms with Crippen LogP contribution in [-0.2, 0) is 19.9 Å². The van der Waals surface area contributed by atoms with Crippen LogP contribution in [0, 0.1) is 5.82 Å². The lowest BCUT2D eigenvalue weighted by molar-refractivity contribution is -0.138. The molecule has 0 bridgehead atoms. The number of likely N-dealkylation sites (N-methyl/N-ethyl adjacent to an activating group) is 1. The maximum atomic E-state index is 13.7. The number of ether oxygens (including phenoxy) is 1. The molecule has 0 aliphatic carbocycles. The molecule has 0 saturated carbocycles. The molecule has 2 aliphatic heterocycles. The summed E-state index contributed by atoms with van der Waals surface area (Å²) in [5.74, 6) is -1.99. The van der Waals surface area contributed by atoms with Crippen LogP contribution in [-0.4, -0.2) is 35.5 Å². The minimum atomic E-state index is -1.58. The fourth-order valence-electron chi connectivity index (χ4n) is 4.50. The molecule has 2 heterocycles. The molecule has 156 valence electrons. The highest BCUT2D eigenvalue weighted by atomic mass is 19.1. The molecule has 30 heavy (non-hydrogen) atoms. The summed E-state index contributed by atoms with van der Waals surface area (Å²) < 4.78 is 19.1. The van der Waals surface area contributed by atoms with Gasteiger partial charge in [-0.2, -0.15) is 0 Å². The number of para-hydroxylation sites is 1. The van der Waals surface area contributed by atoms with Gasteiger partial charge < -0.3 is 9.64 Å². The quantitative estimate of drug-likeness (QED) is 0.714. The van der Waals surface area contributed by atoms with Crippen molar-refractivity contribution in [1.29, 1.82) is 0 Å². The van der Waals surface area contributed by atoms with Crippen molar-refractivity contribution in [3.05, 3.63) is 65.5 Å². The first-order valence-corrected chi connectivity index (χ1v) is 9.76. The van der Waals surface area contributed by atoms with Crippen LogP contribution in [0.1, 0.15) is 44.2 Å². The van der Waals surface area contributed by atoms with Crippen LogP contribution in [0.3, 0.4) is 0 Å². The van der Waals surface area contributed by atoms with Gasteiger partial charge in [0.05, 0.1) is 0 Å². The van der Waals surface area contributed by atoms with E-state index < -0.39 is 40.8 Å². The second-order valence-electron chi connectivity index (χ2n) is 8.67. The second kappa shape index (κ2) is 6.65. The zero-order chi connectivity index (χ0) is 21.8. The summed E-state index contributed by atoms with van der Waals surface area (Å²) in [5, 5.41) is 0. The number of hydrogen-bond acceptors (Lipinski definition) is 4. The molecule has 2 aliphatic rings. The summed E-state index contributed by atoms with van der Waals surface area (Å²) in [7, 11) is 1.62. The van der Waals surface area contributed by atoms with Gasteiger partial charge in [0, 0.05) is 30.6 Å². The highest BCUT2D eigenvalue weighted by Crippen LogP contribution is 2.56. The topological polar surface area (TPSA) is 66.9 Å². The van der Waals surface area contributed by atoms with Crippen molar-refractivity contribution in [3.63, 3.8) is 0 Å². The van der Waals surface area contributed by atoms with Crippen LogP contribution in [0.5, 0.6) is 0 Å². The summed E-state index contributed by atoms with van der Waals surface area (Å²) >= 11 is 0. The van der Waals surface area contributed by atoms with Crippen LogP contribution in [0.15, 0.2) is 48.5 Å². The molecule has 3 amide bonds. The van der Waals surface area contributed by atoms with E-state index in [1.54, 1.807) is 64.2 Å². The van der Waals surface area contributed by atoms with Crippen LogP contribution in [0.25, 0.3) is 0 Å². The summed E-state index contributed by atoms with van der Waals surface area (Å²) in [4.78, 5) is 42.5. The lowest BCUT2D eigenvalue weighted by Gasteiger charge is -2.37. The van der Waals surface area contributed by atoms with Crippen molar-refractivity contribution in [2.45, 2.75) is 44.2 Å². The first-order valence-electron chi connectivity index (χ1n) is 9.76.